The van der Waals surface area contributed by atoms with E-state index in [2.05, 4.69) is 20.3 Å². The highest BCUT2D eigenvalue weighted by molar-refractivity contribution is 6.25. The molecule has 9 heterocycles. The molecule has 358 valence electrons. The Morgan fingerprint density at radius 1 is 0.899 bits per heavy atom. The maximum Gasteiger partial charge on any atom is 0.264 e. The van der Waals surface area contributed by atoms with Crippen molar-refractivity contribution < 1.29 is 42.3 Å². The van der Waals surface area contributed by atoms with E-state index in [-0.39, 0.29) is 64.4 Å². The number of amides is 6. The third kappa shape index (κ3) is 7.89. The minimum atomic E-state index is -2.88. The topological polar surface area (TPSA) is 184 Å². The smallest absolute Gasteiger partial charge is 0.264 e. The summed E-state index contributed by atoms with van der Waals surface area (Å²) >= 11 is 0. The highest BCUT2D eigenvalue weighted by Crippen LogP contribution is 2.45. The van der Waals surface area contributed by atoms with Crippen LogP contribution in [0.1, 0.15) is 118 Å². The Balaban J connectivity index is 0.848. The zero-order valence-corrected chi connectivity index (χ0v) is 38.2. The molecule has 0 radical (unpaired) electrons. The Bertz CT molecular complexity index is 2950. The van der Waals surface area contributed by atoms with Gasteiger partial charge in [-0.15, -0.1) is 0 Å². The number of aromatic nitrogens is 4. The summed E-state index contributed by atoms with van der Waals surface area (Å²) in [6, 6.07) is 9.11. The van der Waals surface area contributed by atoms with Crippen molar-refractivity contribution in [1.29, 1.82) is 0 Å². The van der Waals surface area contributed by atoms with Gasteiger partial charge in [-0.2, -0.15) is 5.10 Å². The summed E-state index contributed by atoms with van der Waals surface area (Å²) in [4.78, 5) is 89.8. The van der Waals surface area contributed by atoms with Crippen molar-refractivity contribution >= 4 is 58.3 Å². The van der Waals surface area contributed by atoms with Crippen LogP contribution in [-0.4, -0.2) is 121 Å². The number of nitrogens with one attached hydrogen (secondary N) is 2. The summed E-state index contributed by atoms with van der Waals surface area (Å²) in [5, 5.41) is 10.8. The van der Waals surface area contributed by atoms with Gasteiger partial charge in [0.25, 0.3) is 24.1 Å². The first-order chi connectivity index (χ1) is 33.4. The minimum Gasteiger partial charge on any atom is -0.384 e. The van der Waals surface area contributed by atoms with E-state index in [1.807, 2.05) is 15.9 Å². The van der Waals surface area contributed by atoms with Gasteiger partial charge in [0.1, 0.15) is 11.7 Å². The first kappa shape index (κ1) is 44.5. The number of likely N-dealkylation sites (tertiary alicyclic amines) is 1. The lowest BCUT2D eigenvalue weighted by molar-refractivity contribution is -0.136. The number of halogens is 2. The van der Waals surface area contributed by atoms with E-state index in [9.17, 15) is 28.8 Å². The third-order valence-corrected chi connectivity index (χ3v) is 14.9. The fourth-order valence-electron chi connectivity index (χ4n) is 11.2. The summed E-state index contributed by atoms with van der Waals surface area (Å²) in [7, 11) is 0. The highest BCUT2D eigenvalue weighted by Gasteiger charge is 2.46. The number of nitrogens with zero attached hydrogens (tertiary/aromatic N) is 8. The van der Waals surface area contributed by atoms with Crippen molar-refractivity contribution in [2.45, 2.75) is 89.8 Å². The maximum atomic E-state index is 15.6. The molecule has 2 N–H and O–H groups in total. The molecule has 17 nitrogen and oxygen atoms in total. The average molecular weight is 943 g/mol. The van der Waals surface area contributed by atoms with E-state index < -0.39 is 36.1 Å². The molecule has 0 bridgehead atoms. The lowest BCUT2D eigenvalue weighted by Gasteiger charge is -2.34. The van der Waals surface area contributed by atoms with Gasteiger partial charge in [-0.3, -0.25) is 43.7 Å². The van der Waals surface area contributed by atoms with Gasteiger partial charge in [0.05, 0.1) is 29.3 Å². The second-order valence-electron chi connectivity index (χ2n) is 18.9. The Kier molecular flexibility index (Phi) is 11.5. The van der Waals surface area contributed by atoms with Crippen LogP contribution in [-0.2, 0) is 38.5 Å². The number of hydrogen-bond donors (Lipinski definition) is 2. The Hall–Kier alpha value is -7.02. The van der Waals surface area contributed by atoms with Crippen molar-refractivity contribution in [3.63, 3.8) is 0 Å². The number of alkyl halides is 2. The fourth-order valence-corrected chi connectivity index (χ4v) is 11.2. The normalized spacial score (nSPS) is 20.1. The number of ether oxygens (including phenoxy) is 1. The molecule has 2 aromatic carbocycles. The fraction of sp³-hybridized carbons (Fsp3) is 0.440. The molecule has 0 spiro atoms. The van der Waals surface area contributed by atoms with Gasteiger partial charge in [-0.05, 0) is 92.3 Å². The number of aryl methyl sites for hydroxylation is 1. The zero-order chi connectivity index (χ0) is 47.7. The number of pyridine rings is 1. The van der Waals surface area contributed by atoms with Gasteiger partial charge in [0.15, 0.2) is 5.82 Å². The monoisotopic (exact) mass is 942 g/mol. The molecule has 5 aromatic rings. The van der Waals surface area contributed by atoms with Gasteiger partial charge in [-0.1, -0.05) is 6.07 Å². The van der Waals surface area contributed by atoms with Crippen LogP contribution in [0.25, 0.3) is 16.8 Å². The number of piperidine rings is 2. The minimum absolute atomic E-state index is 0.0247. The number of carbonyl (C=O) groups excluding carboxylic acids is 6. The van der Waals surface area contributed by atoms with E-state index in [0.717, 1.165) is 41.0 Å². The number of anilines is 3. The molecule has 0 aliphatic carbocycles. The third-order valence-electron chi connectivity index (χ3n) is 14.9. The summed E-state index contributed by atoms with van der Waals surface area (Å²) in [6.07, 6.45) is 7.10. The van der Waals surface area contributed by atoms with Crippen LogP contribution in [0.5, 0.6) is 0 Å². The number of hydrogen-bond acceptors (Lipinski definition) is 11. The van der Waals surface area contributed by atoms with E-state index in [1.165, 1.54) is 0 Å². The Morgan fingerprint density at radius 3 is 2.48 bits per heavy atom. The van der Waals surface area contributed by atoms with E-state index in [0.29, 0.717) is 107 Å². The van der Waals surface area contributed by atoms with Gasteiger partial charge < -0.3 is 29.2 Å². The summed E-state index contributed by atoms with van der Waals surface area (Å²) in [5.74, 6) is -1.83. The number of imidazole rings is 1. The van der Waals surface area contributed by atoms with Crippen LogP contribution < -0.4 is 15.5 Å². The quantitative estimate of drug-likeness (QED) is 0.169. The van der Waals surface area contributed by atoms with E-state index in [1.54, 1.807) is 65.1 Å². The van der Waals surface area contributed by atoms with Crippen molar-refractivity contribution in [3.8, 4) is 11.1 Å². The molecule has 3 saturated heterocycles. The van der Waals surface area contributed by atoms with Crippen LogP contribution in [0.4, 0.5) is 26.0 Å². The van der Waals surface area contributed by atoms with E-state index >= 15 is 8.78 Å². The SMILES string of the molecule is CC(=O)N1CCc2c(c(N3CCCc4cc(-c5cc6nccn6cc5C(=O)N5CCC(CNc6cccc7c6C(=O)N(C6CCC(=O)NC6=O)C7=O)CC5)c(C(F)F)cc43)nn2C2CCOCC2)C1. The maximum absolute atomic E-state index is 15.6. The van der Waals surface area contributed by atoms with Gasteiger partial charge in [0, 0.05) is 118 Å². The van der Waals surface area contributed by atoms with Gasteiger partial charge in [0.2, 0.25) is 17.7 Å². The number of fused-ring (bicyclic) bond motifs is 4. The molecule has 1 atom stereocenters. The van der Waals surface area contributed by atoms with Crippen LogP contribution in [0.2, 0.25) is 0 Å². The van der Waals surface area contributed by atoms with Crippen molar-refractivity contribution in [2.75, 3.05) is 56.2 Å². The van der Waals surface area contributed by atoms with Crippen molar-refractivity contribution in [3.05, 3.63) is 94.1 Å². The predicted molar refractivity (Wildman–Crippen MR) is 247 cm³/mol. The summed E-state index contributed by atoms with van der Waals surface area (Å²) in [5.41, 5.74) is 5.61. The Labute approximate surface area is 395 Å². The van der Waals surface area contributed by atoms with Crippen molar-refractivity contribution in [1.82, 2.24) is 39.2 Å². The van der Waals surface area contributed by atoms with Crippen molar-refractivity contribution in [2.24, 2.45) is 5.92 Å². The largest absolute Gasteiger partial charge is 0.384 e. The second kappa shape index (κ2) is 17.8. The van der Waals surface area contributed by atoms with Gasteiger partial charge >= 0.3 is 0 Å². The molecule has 11 rings (SSSR count). The Morgan fingerprint density at radius 2 is 1.71 bits per heavy atom. The molecule has 3 aromatic heterocycles. The first-order valence-electron chi connectivity index (χ1n) is 23.9. The number of carbonyl (C=O) groups is 6. The standard InChI is InChI=1S/C50H52F2N10O7/c1-28(63)58-18-11-39-37(27-58)46(56-62(39)31-12-20-69-21-13-31)60-15-3-4-30-22-33(35(45(51)52)23-41(30)60)34-24-42-53-14-19-59(42)26-36(34)48(66)57-16-9-29(10-17-57)25-54-38-6-2-5-32-44(38)50(68)61(49(32)67)40-7-8-43(64)55-47(40)65/h2,5-6,14,19,22-24,26,29,31,40,45,54H,3-4,7-13,15-18,20-21,25,27H2,1H3,(H,55,64,65). The summed E-state index contributed by atoms with van der Waals surface area (Å²) in [6.45, 7) is 5.61. The van der Waals surface area contributed by atoms with Crippen LogP contribution in [0.15, 0.2) is 55.0 Å². The van der Waals surface area contributed by atoms with Crippen LogP contribution in [0.3, 0.4) is 0 Å². The summed E-state index contributed by atoms with van der Waals surface area (Å²) < 4.78 is 40.7. The molecule has 6 aliphatic heterocycles. The molecule has 0 saturated carbocycles. The number of imide groups is 2. The molecule has 1 unspecified atom stereocenters. The molecule has 3 fully saturated rings. The lowest BCUT2D eigenvalue weighted by Crippen LogP contribution is -2.54. The average Bonchev–Trinajstić information content (AvgIpc) is 4.06. The molecule has 6 amide bonds. The molecule has 69 heavy (non-hydrogen) atoms. The molecule has 6 aliphatic rings. The molecule has 19 heteroatoms. The number of rotatable bonds is 9. The highest BCUT2D eigenvalue weighted by atomic mass is 19.3. The second-order valence-corrected chi connectivity index (χ2v) is 18.9. The predicted octanol–water partition coefficient (Wildman–Crippen LogP) is 5.84. The number of benzene rings is 2. The van der Waals surface area contributed by atoms with Crippen LogP contribution in [0, 0.1) is 5.92 Å². The van der Waals surface area contributed by atoms with Crippen LogP contribution >= 0.6 is 0 Å². The zero-order valence-electron chi connectivity index (χ0n) is 38.2. The first-order valence-corrected chi connectivity index (χ1v) is 23.9. The van der Waals surface area contributed by atoms with E-state index in [4.69, 9.17) is 9.84 Å². The molecular weight excluding hydrogens is 891 g/mol. The lowest BCUT2D eigenvalue weighted by atomic mass is 9.89. The van der Waals surface area contributed by atoms with Gasteiger partial charge in [-0.25, -0.2) is 13.8 Å². The molecular formula is C50H52F2N10O7.